The van der Waals surface area contributed by atoms with Gasteiger partial charge in [0.05, 0.1) is 12.6 Å². The molecule has 30 heavy (non-hydrogen) atoms. The normalized spacial score (nSPS) is 14.9. The highest BCUT2D eigenvalue weighted by molar-refractivity contribution is 5.88. The highest BCUT2D eigenvalue weighted by Crippen LogP contribution is 2.39. The first-order valence-electron chi connectivity index (χ1n) is 10.2. The van der Waals surface area contributed by atoms with E-state index in [2.05, 4.69) is 9.97 Å². The van der Waals surface area contributed by atoms with E-state index in [-0.39, 0.29) is 17.1 Å². The van der Waals surface area contributed by atoms with E-state index in [1.807, 2.05) is 25.1 Å². The van der Waals surface area contributed by atoms with Crippen molar-refractivity contribution in [3.8, 4) is 17.2 Å². The molecular formula is C24H24FN3O2. The quantitative estimate of drug-likeness (QED) is 0.451. The van der Waals surface area contributed by atoms with E-state index in [0.717, 1.165) is 59.1 Å². The molecule has 4 aromatic rings. The topological polar surface area (TPSA) is 73.2 Å². The number of ether oxygens (including phenoxy) is 2. The van der Waals surface area contributed by atoms with E-state index >= 15 is 0 Å². The Bertz CT molecular complexity index is 1260. The zero-order valence-electron chi connectivity index (χ0n) is 17.1. The van der Waals surface area contributed by atoms with Gasteiger partial charge in [0, 0.05) is 33.7 Å². The number of nitrogens with two attached hydrogens (primary N) is 1. The molecule has 0 atom stereocenters. The standard InChI is InChI=1S/C24H24FN3O2/c1-14-11-17-18(28-14)3-4-21(23(17)25)30-20-6-10-27-19-12-15(5-7-24(26)8-9-24)22(29-2)13-16(19)20/h3-4,6,10-13,28H,5,7-9,26H2,1-2H3. The number of hydrogen-bond donors (Lipinski definition) is 2. The molecule has 0 amide bonds. The van der Waals surface area contributed by atoms with Crippen molar-refractivity contribution >= 4 is 21.8 Å². The predicted octanol–water partition coefficient (Wildman–Crippen LogP) is 5.39. The van der Waals surface area contributed by atoms with Gasteiger partial charge in [0.25, 0.3) is 0 Å². The number of rotatable bonds is 6. The van der Waals surface area contributed by atoms with Gasteiger partial charge in [0.2, 0.25) is 0 Å². The molecule has 0 aliphatic heterocycles. The summed E-state index contributed by atoms with van der Waals surface area (Å²) in [6.45, 7) is 1.90. The maximum atomic E-state index is 15.0. The molecule has 1 aliphatic rings. The predicted molar refractivity (Wildman–Crippen MR) is 116 cm³/mol. The van der Waals surface area contributed by atoms with Crippen LogP contribution < -0.4 is 15.2 Å². The molecule has 0 unspecified atom stereocenters. The summed E-state index contributed by atoms with van der Waals surface area (Å²) in [5.41, 5.74) is 9.73. The van der Waals surface area contributed by atoms with Crippen LogP contribution in [0.3, 0.4) is 0 Å². The lowest BCUT2D eigenvalue weighted by Crippen LogP contribution is -2.22. The zero-order valence-corrected chi connectivity index (χ0v) is 17.1. The molecule has 1 saturated carbocycles. The maximum Gasteiger partial charge on any atom is 0.175 e. The summed E-state index contributed by atoms with van der Waals surface area (Å²) in [7, 11) is 1.65. The van der Waals surface area contributed by atoms with Crippen molar-refractivity contribution in [3.05, 3.63) is 59.7 Å². The van der Waals surface area contributed by atoms with Gasteiger partial charge in [-0.05, 0) is 74.6 Å². The van der Waals surface area contributed by atoms with Crippen molar-refractivity contribution in [1.29, 1.82) is 0 Å². The molecule has 1 fully saturated rings. The van der Waals surface area contributed by atoms with E-state index < -0.39 is 0 Å². The van der Waals surface area contributed by atoms with Crippen molar-refractivity contribution < 1.29 is 13.9 Å². The Balaban J connectivity index is 1.52. The minimum atomic E-state index is -0.386. The zero-order chi connectivity index (χ0) is 20.9. The minimum Gasteiger partial charge on any atom is -0.496 e. The Labute approximate surface area is 174 Å². The van der Waals surface area contributed by atoms with Gasteiger partial charge in [-0.3, -0.25) is 4.98 Å². The van der Waals surface area contributed by atoms with E-state index in [0.29, 0.717) is 11.1 Å². The lowest BCUT2D eigenvalue weighted by atomic mass is 10.0. The monoisotopic (exact) mass is 405 g/mol. The Morgan fingerprint density at radius 2 is 1.93 bits per heavy atom. The molecular weight excluding hydrogens is 381 g/mol. The number of aromatic amines is 1. The van der Waals surface area contributed by atoms with Crippen LogP contribution in [0.2, 0.25) is 0 Å². The molecule has 2 aromatic heterocycles. The van der Waals surface area contributed by atoms with Crippen molar-refractivity contribution in [2.45, 2.75) is 38.1 Å². The van der Waals surface area contributed by atoms with E-state index in [1.54, 1.807) is 31.5 Å². The summed E-state index contributed by atoms with van der Waals surface area (Å²) in [5, 5.41) is 1.29. The number of halogens is 1. The van der Waals surface area contributed by atoms with Crippen LogP contribution in [-0.2, 0) is 6.42 Å². The summed E-state index contributed by atoms with van der Waals surface area (Å²) < 4.78 is 26.6. The van der Waals surface area contributed by atoms with Gasteiger partial charge in [0.15, 0.2) is 11.6 Å². The fourth-order valence-electron chi connectivity index (χ4n) is 3.94. The Kier molecular flexibility index (Phi) is 4.40. The second kappa shape index (κ2) is 6.99. The van der Waals surface area contributed by atoms with Crippen LogP contribution in [-0.4, -0.2) is 22.6 Å². The molecule has 154 valence electrons. The average Bonchev–Trinajstić information content (AvgIpc) is 3.35. The molecule has 2 aromatic carbocycles. The molecule has 0 bridgehead atoms. The largest absolute Gasteiger partial charge is 0.496 e. The van der Waals surface area contributed by atoms with Crippen molar-refractivity contribution in [2.75, 3.05) is 7.11 Å². The third-order valence-electron chi connectivity index (χ3n) is 5.95. The summed E-state index contributed by atoms with van der Waals surface area (Å²) >= 11 is 0. The fraction of sp³-hybridized carbons (Fsp3) is 0.292. The van der Waals surface area contributed by atoms with Gasteiger partial charge in [-0.15, -0.1) is 0 Å². The van der Waals surface area contributed by atoms with Crippen LogP contribution in [0, 0.1) is 12.7 Å². The van der Waals surface area contributed by atoms with Gasteiger partial charge in [-0.25, -0.2) is 4.39 Å². The number of H-pyrrole nitrogens is 1. The summed E-state index contributed by atoms with van der Waals surface area (Å²) in [6, 6.07) is 10.9. The van der Waals surface area contributed by atoms with Crippen LogP contribution in [0.4, 0.5) is 4.39 Å². The molecule has 0 saturated heterocycles. The van der Waals surface area contributed by atoms with Crippen LogP contribution in [0.25, 0.3) is 21.8 Å². The first-order chi connectivity index (χ1) is 14.5. The van der Waals surface area contributed by atoms with E-state index in [9.17, 15) is 4.39 Å². The second-order valence-electron chi connectivity index (χ2n) is 8.25. The number of nitrogens with one attached hydrogen (secondary N) is 1. The van der Waals surface area contributed by atoms with Gasteiger partial charge in [0.1, 0.15) is 11.5 Å². The number of benzene rings is 2. The van der Waals surface area contributed by atoms with Gasteiger partial charge in [-0.2, -0.15) is 0 Å². The first kappa shape index (κ1) is 18.9. The fourth-order valence-corrected chi connectivity index (χ4v) is 3.94. The maximum absolute atomic E-state index is 15.0. The van der Waals surface area contributed by atoms with E-state index in [4.69, 9.17) is 15.2 Å². The van der Waals surface area contributed by atoms with Gasteiger partial charge in [-0.1, -0.05) is 0 Å². The molecule has 5 nitrogen and oxygen atoms in total. The SMILES string of the molecule is COc1cc2c(Oc3ccc4[nH]c(C)cc4c3F)ccnc2cc1CCC1(N)CC1. The lowest BCUT2D eigenvalue weighted by molar-refractivity contribution is 0.408. The molecule has 1 aliphatic carbocycles. The third-order valence-corrected chi connectivity index (χ3v) is 5.95. The van der Waals surface area contributed by atoms with Gasteiger partial charge < -0.3 is 20.2 Å². The van der Waals surface area contributed by atoms with Crippen LogP contribution in [0.15, 0.2) is 42.6 Å². The lowest BCUT2D eigenvalue weighted by Gasteiger charge is -2.15. The number of methoxy groups -OCH3 is 1. The highest BCUT2D eigenvalue weighted by atomic mass is 19.1. The van der Waals surface area contributed by atoms with Crippen molar-refractivity contribution in [2.24, 2.45) is 5.73 Å². The summed E-state index contributed by atoms with van der Waals surface area (Å²) in [5.74, 6) is 1.09. The average molecular weight is 405 g/mol. The number of aromatic nitrogens is 2. The van der Waals surface area contributed by atoms with Crippen molar-refractivity contribution in [1.82, 2.24) is 9.97 Å². The first-order valence-corrected chi connectivity index (χ1v) is 10.2. The molecule has 6 heteroatoms. The highest BCUT2D eigenvalue weighted by Gasteiger charge is 2.37. The Morgan fingerprint density at radius 3 is 2.70 bits per heavy atom. The molecule has 3 N–H and O–H groups in total. The summed E-state index contributed by atoms with van der Waals surface area (Å²) in [4.78, 5) is 7.63. The minimum absolute atomic E-state index is 0.0227. The number of fused-ring (bicyclic) bond motifs is 2. The molecule has 5 rings (SSSR count). The van der Waals surface area contributed by atoms with Gasteiger partial charge >= 0.3 is 0 Å². The van der Waals surface area contributed by atoms with Crippen molar-refractivity contribution in [3.63, 3.8) is 0 Å². The van der Waals surface area contributed by atoms with Crippen LogP contribution >= 0.6 is 0 Å². The van der Waals surface area contributed by atoms with Crippen LogP contribution in [0.1, 0.15) is 30.5 Å². The van der Waals surface area contributed by atoms with E-state index in [1.165, 1.54) is 0 Å². The van der Waals surface area contributed by atoms with Crippen LogP contribution in [0.5, 0.6) is 17.2 Å². The Morgan fingerprint density at radius 1 is 1.10 bits per heavy atom. The number of nitrogens with zero attached hydrogens (tertiary/aromatic N) is 1. The second-order valence-corrected chi connectivity index (χ2v) is 8.25. The smallest absolute Gasteiger partial charge is 0.175 e. The number of aryl methyl sites for hydroxylation is 2. The number of hydrogen-bond acceptors (Lipinski definition) is 4. The number of pyridine rings is 1. The molecule has 0 spiro atoms. The Hall–Kier alpha value is -3.12. The molecule has 0 radical (unpaired) electrons. The molecule has 2 heterocycles. The third kappa shape index (κ3) is 3.37. The summed E-state index contributed by atoms with van der Waals surface area (Å²) in [6.07, 6.45) is 5.59.